The van der Waals surface area contributed by atoms with E-state index in [4.69, 9.17) is 9.47 Å². The molecule has 0 unspecified atom stereocenters. The Morgan fingerprint density at radius 3 is 2.52 bits per heavy atom. The summed E-state index contributed by atoms with van der Waals surface area (Å²) in [5.74, 6) is -1.53. The quantitative estimate of drug-likeness (QED) is 0.566. The van der Waals surface area contributed by atoms with Crippen molar-refractivity contribution in [2.75, 3.05) is 6.61 Å². The van der Waals surface area contributed by atoms with Crippen LogP contribution in [0.3, 0.4) is 0 Å². The molecule has 2 aromatic carbocycles. The van der Waals surface area contributed by atoms with Gasteiger partial charge in [-0.05, 0) is 56.2 Å². The van der Waals surface area contributed by atoms with E-state index in [1.165, 1.54) is 6.07 Å². The zero-order chi connectivity index (χ0) is 19.6. The third-order valence-electron chi connectivity index (χ3n) is 4.31. The van der Waals surface area contributed by atoms with Crippen molar-refractivity contribution in [3.05, 3.63) is 69.3 Å². The fraction of sp³-hybridized carbons (Fsp3) is 0.238. The summed E-state index contributed by atoms with van der Waals surface area (Å²) in [7, 11) is 0. The van der Waals surface area contributed by atoms with Crippen LogP contribution < -0.4 is 0 Å². The average Bonchev–Trinajstić information content (AvgIpc) is 3.02. The highest BCUT2D eigenvalue weighted by molar-refractivity contribution is 7.21. The molecule has 3 aromatic rings. The van der Waals surface area contributed by atoms with E-state index in [1.54, 1.807) is 31.2 Å². The summed E-state index contributed by atoms with van der Waals surface area (Å²) < 4.78 is 25.4. The van der Waals surface area contributed by atoms with E-state index in [0.29, 0.717) is 21.2 Å². The van der Waals surface area contributed by atoms with Gasteiger partial charge in [-0.15, -0.1) is 11.3 Å². The van der Waals surface area contributed by atoms with Crippen molar-refractivity contribution in [2.24, 2.45) is 0 Å². The monoisotopic (exact) mass is 386 g/mol. The molecule has 0 aliphatic carbocycles. The summed E-state index contributed by atoms with van der Waals surface area (Å²) in [6.07, 6.45) is 0. The third kappa shape index (κ3) is 3.85. The minimum Gasteiger partial charge on any atom is -0.462 e. The molecule has 6 heteroatoms. The van der Waals surface area contributed by atoms with Crippen molar-refractivity contribution in [3.63, 3.8) is 0 Å². The molecule has 1 aromatic heterocycles. The van der Waals surface area contributed by atoms with Gasteiger partial charge in [-0.3, -0.25) is 0 Å². The average molecular weight is 386 g/mol. The molecule has 0 spiro atoms. The van der Waals surface area contributed by atoms with E-state index in [0.717, 1.165) is 22.5 Å². The van der Waals surface area contributed by atoms with Crippen molar-refractivity contribution in [3.8, 4) is 0 Å². The lowest BCUT2D eigenvalue weighted by atomic mass is 10.1. The highest BCUT2D eigenvalue weighted by Gasteiger charge is 2.23. The first-order valence-corrected chi connectivity index (χ1v) is 9.35. The van der Waals surface area contributed by atoms with Gasteiger partial charge >= 0.3 is 11.9 Å². The Bertz CT molecular complexity index is 1020. The number of halogens is 1. The summed E-state index contributed by atoms with van der Waals surface area (Å²) in [6, 6.07) is 9.89. The summed E-state index contributed by atoms with van der Waals surface area (Å²) in [4.78, 5) is 24.9. The van der Waals surface area contributed by atoms with Crippen LogP contribution in [-0.4, -0.2) is 18.5 Å². The minimum atomic E-state index is -0.546. The Labute approximate surface area is 160 Å². The topological polar surface area (TPSA) is 52.6 Å². The van der Waals surface area contributed by atoms with Crippen molar-refractivity contribution in [2.45, 2.75) is 27.4 Å². The lowest BCUT2D eigenvalue weighted by Crippen LogP contribution is -2.10. The molecule has 0 aliphatic heterocycles. The maximum Gasteiger partial charge on any atom is 0.348 e. The maximum absolute atomic E-state index is 14.4. The molecule has 0 amide bonds. The highest BCUT2D eigenvalue weighted by atomic mass is 32.1. The van der Waals surface area contributed by atoms with Crippen molar-refractivity contribution in [1.29, 1.82) is 0 Å². The van der Waals surface area contributed by atoms with Crippen LogP contribution in [0.5, 0.6) is 0 Å². The third-order valence-corrected chi connectivity index (χ3v) is 5.49. The largest absolute Gasteiger partial charge is 0.462 e. The van der Waals surface area contributed by atoms with E-state index >= 15 is 0 Å². The molecule has 4 nitrogen and oxygen atoms in total. The van der Waals surface area contributed by atoms with Gasteiger partial charge in [-0.2, -0.15) is 0 Å². The van der Waals surface area contributed by atoms with E-state index in [1.807, 2.05) is 19.9 Å². The molecular weight excluding hydrogens is 367 g/mol. The second-order valence-corrected chi connectivity index (χ2v) is 7.17. The van der Waals surface area contributed by atoms with E-state index in [2.05, 4.69) is 0 Å². The first-order chi connectivity index (χ1) is 12.9. The number of carbonyl (C=O) groups excluding carboxylic acids is 2. The van der Waals surface area contributed by atoms with Crippen LogP contribution in [0.15, 0.2) is 36.4 Å². The molecule has 0 aliphatic rings. The lowest BCUT2D eigenvalue weighted by Gasteiger charge is -2.08. The standard InChI is InChI=1S/C21H19FO4S/c1-4-25-21(24)19-15(18-16(22)6-5-7-17(18)27-19)11-26-20(23)14-9-8-12(2)13(3)10-14/h5-10H,4,11H2,1-3H3. The Kier molecular flexibility index (Phi) is 5.56. The molecule has 0 saturated carbocycles. The van der Waals surface area contributed by atoms with Crippen molar-refractivity contribution < 1.29 is 23.5 Å². The molecule has 0 N–H and O–H groups in total. The van der Waals surface area contributed by atoms with Crippen LogP contribution in [0.1, 0.15) is 43.6 Å². The molecule has 0 bridgehead atoms. The second kappa shape index (κ2) is 7.88. The maximum atomic E-state index is 14.4. The predicted molar refractivity (Wildman–Crippen MR) is 103 cm³/mol. The summed E-state index contributed by atoms with van der Waals surface area (Å²) in [5.41, 5.74) is 2.80. The number of thiophene rings is 1. The number of hydrogen-bond acceptors (Lipinski definition) is 5. The molecule has 0 radical (unpaired) electrons. The fourth-order valence-corrected chi connectivity index (χ4v) is 3.87. The number of carbonyl (C=O) groups is 2. The first-order valence-electron chi connectivity index (χ1n) is 8.53. The SMILES string of the molecule is CCOC(=O)c1sc2cccc(F)c2c1COC(=O)c1ccc(C)c(C)c1. The lowest BCUT2D eigenvalue weighted by molar-refractivity contribution is 0.0454. The van der Waals surface area contributed by atoms with Crippen LogP contribution in [-0.2, 0) is 16.1 Å². The number of aryl methyl sites for hydroxylation is 2. The first kappa shape index (κ1) is 19.0. The van der Waals surface area contributed by atoms with E-state index in [-0.39, 0.29) is 18.1 Å². The number of benzene rings is 2. The van der Waals surface area contributed by atoms with Gasteiger partial charge in [0.1, 0.15) is 17.3 Å². The van der Waals surface area contributed by atoms with Crippen LogP contribution >= 0.6 is 11.3 Å². The zero-order valence-electron chi connectivity index (χ0n) is 15.3. The smallest absolute Gasteiger partial charge is 0.348 e. The van der Waals surface area contributed by atoms with Gasteiger partial charge in [0.05, 0.1) is 12.2 Å². The summed E-state index contributed by atoms with van der Waals surface area (Å²) >= 11 is 1.13. The summed E-state index contributed by atoms with van der Waals surface area (Å²) in [5, 5.41) is 0.290. The van der Waals surface area contributed by atoms with Crippen LogP contribution in [0.25, 0.3) is 10.1 Å². The number of ether oxygens (including phenoxy) is 2. The highest BCUT2D eigenvalue weighted by Crippen LogP contribution is 2.34. The Balaban J connectivity index is 1.93. The molecular formula is C21H19FO4S. The molecule has 3 rings (SSSR count). The second-order valence-electron chi connectivity index (χ2n) is 6.12. The predicted octanol–water partition coefficient (Wildman–Crippen LogP) is 5.19. The van der Waals surface area contributed by atoms with Gasteiger partial charge < -0.3 is 9.47 Å². The van der Waals surface area contributed by atoms with Crippen LogP contribution in [0, 0.1) is 19.7 Å². The zero-order valence-corrected chi connectivity index (χ0v) is 16.1. The van der Waals surface area contributed by atoms with Gasteiger partial charge in [0, 0.05) is 15.6 Å². The Morgan fingerprint density at radius 1 is 1.04 bits per heavy atom. The van der Waals surface area contributed by atoms with E-state index < -0.39 is 17.8 Å². The van der Waals surface area contributed by atoms with Crippen molar-refractivity contribution in [1.82, 2.24) is 0 Å². The molecule has 27 heavy (non-hydrogen) atoms. The fourth-order valence-electron chi connectivity index (χ4n) is 2.76. The van der Waals surface area contributed by atoms with Gasteiger partial charge in [-0.1, -0.05) is 12.1 Å². The Hall–Kier alpha value is -2.73. The van der Waals surface area contributed by atoms with Crippen molar-refractivity contribution >= 4 is 33.4 Å². The summed E-state index contributed by atoms with van der Waals surface area (Å²) in [6.45, 7) is 5.56. The van der Waals surface area contributed by atoms with Crippen LogP contribution in [0.4, 0.5) is 4.39 Å². The molecule has 1 heterocycles. The normalized spacial score (nSPS) is 10.8. The van der Waals surface area contributed by atoms with Gasteiger partial charge in [0.15, 0.2) is 0 Å². The number of rotatable bonds is 5. The molecule has 0 saturated heterocycles. The molecule has 140 valence electrons. The number of hydrogen-bond donors (Lipinski definition) is 0. The van der Waals surface area contributed by atoms with Crippen LogP contribution in [0.2, 0.25) is 0 Å². The van der Waals surface area contributed by atoms with Gasteiger partial charge in [0.2, 0.25) is 0 Å². The minimum absolute atomic E-state index is 0.206. The van der Waals surface area contributed by atoms with E-state index in [9.17, 15) is 14.0 Å². The molecule has 0 fully saturated rings. The molecule has 0 atom stereocenters. The Morgan fingerprint density at radius 2 is 1.81 bits per heavy atom. The van der Waals surface area contributed by atoms with Gasteiger partial charge in [0.25, 0.3) is 0 Å². The number of fused-ring (bicyclic) bond motifs is 1. The van der Waals surface area contributed by atoms with Gasteiger partial charge in [-0.25, -0.2) is 14.0 Å². The number of esters is 2.